The van der Waals surface area contributed by atoms with E-state index < -0.39 is 0 Å². The molecule has 1 N–H and O–H groups in total. The van der Waals surface area contributed by atoms with Crippen molar-refractivity contribution in [1.82, 2.24) is 4.90 Å². The minimum Gasteiger partial charge on any atom is -0.393 e. The maximum absolute atomic E-state index is 10.1. The van der Waals surface area contributed by atoms with E-state index in [1.807, 2.05) is 0 Å². The van der Waals surface area contributed by atoms with Crippen LogP contribution in [0.25, 0.3) is 0 Å². The Morgan fingerprint density at radius 3 is 2.50 bits per heavy atom. The molecule has 3 atom stereocenters. The lowest BCUT2D eigenvalue weighted by Gasteiger charge is -2.42. The summed E-state index contributed by atoms with van der Waals surface area (Å²) in [5, 5.41) is 10.1. The first kappa shape index (κ1) is 14.3. The molecule has 2 aliphatic rings. The predicted molar refractivity (Wildman–Crippen MR) is 76.6 cm³/mol. The van der Waals surface area contributed by atoms with Gasteiger partial charge in [0, 0.05) is 6.54 Å². The maximum atomic E-state index is 10.1. The van der Waals surface area contributed by atoms with E-state index in [0.29, 0.717) is 11.3 Å². The summed E-state index contributed by atoms with van der Waals surface area (Å²) >= 11 is 0. The van der Waals surface area contributed by atoms with E-state index in [1.54, 1.807) is 0 Å². The molecule has 3 unspecified atom stereocenters. The Morgan fingerprint density at radius 1 is 1.22 bits per heavy atom. The Morgan fingerprint density at radius 2 is 1.89 bits per heavy atom. The molecule has 0 bridgehead atoms. The first-order valence-corrected chi connectivity index (χ1v) is 7.93. The van der Waals surface area contributed by atoms with Gasteiger partial charge in [0.15, 0.2) is 0 Å². The summed E-state index contributed by atoms with van der Waals surface area (Å²) in [7, 11) is 0. The highest BCUT2D eigenvalue weighted by molar-refractivity contribution is 4.85. The normalized spacial score (nSPS) is 37.7. The second-order valence-electron chi connectivity index (χ2n) is 7.21. The van der Waals surface area contributed by atoms with Gasteiger partial charge in [-0.2, -0.15) is 0 Å². The Hall–Kier alpha value is -0.0800. The summed E-state index contributed by atoms with van der Waals surface area (Å²) in [6.07, 6.45) is 7.40. The minimum atomic E-state index is -0.0410. The van der Waals surface area contributed by atoms with E-state index in [-0.39, 0.29) is 6.10 Å². The Labute approximate surface area is 113 Å². The van der Waals surface area contributed by atoms with Crippen LogP contribution in [0.2, 0.25) is 0 Å². The Kier molecular flexibility index (Phi) is 4.71. The van der Waals surface area contributed by atoms with Crippen LogP contribution in [0.4, 0.5) is 0 Å². The van der Waals surface area contributed by atoms with Crippen LogP contribution in [0.5, 0.6) is 0 Å². The number of piperidine rings is 1. The molecule has 2 fully saturated rings. The highest BCUT2D eigenvalue weighted by Crippen LogP contribution is 2.35. The highest BCUT2D eigenvalue weighted by Gasteiger charge is 2.32. The van der Waals surface area contributed by atoms with Crippen LogP contribution in [-0.4, -0.2) is 35.7 Å². The number of rotatable bonds is 3. The van der Waals surface area contributed by atoms with Crippen molar-refractivity contribution in [2.75, 3.05) is 19.6 Å². The van der Waals surface area contributed by atoms with E-state index in [4.69, 9.17) is 0 Å². The second kappa shape index (κ2) is 5.92. The van der Waals surface area contributed by atoms with Crippen molar-refractivity contribution in [3.63, 3.8) is 0 Å². The van der Waals surface area contributed by atoms with E-state index in [0.717, 1.165) is 18.9 Å². The van der Waals surface area contributed by atoms with Gasteiger partial charge >= 0.3 is 0 Å². The predicted octanol–water partition coefficient (Wildman–Crippen LogP) is 3.30. The van der Waals surface area contributed by atoms with Crippen molar-refractivity contribution in [3.8, 4) is 0 Å². The van der Waals surface area contributed by atoms with Gasteiger partial charge in [0.25, 0.3) is 0 Å². The number of likely N-dealkylation sites (tertiary alicyclic amines) is 1. The molecule has 0 aromatic heterocycles. The first-order chi connectivity index (χ1) is 8.52. The fourth-order valence-corrected chi connectivity index (χ4v) is 3.64. The van der Waals surface area contributed by atoms with Gasteiger partial charge in [-0.1, -0.05) is 27.2 Å². The molecule has 1 aliphatic carbocycles. The summed E-state index contributed by atoms with van der Waals surface area (Å²) in [6, 6.07) is 0. The molecular weight excluding hydrogens is 222 g/mol. The number of nitrogens with zero attached hydrogens (tertiary/aromatic N) is 1. The standard InChI is InChI=1S/C16H31NO/c1-4-16(3)7-9-17(10-8-16)12-14-11-13(2)5-6-15(14)18/h13-15,18H,4-12H2,1-3H3. The first-order valence-electron chi connectivity index (χ1n) is 7.93. The van der Waals surface area contributed by atoms with Gasteiger partial charge in [-0.25, -0.2) is 0 Å². The zero-order chi connectivity index (χ0) is 13.2. The monoisotopic (exact) mass is 253 g/mol. The highest BCUT2D eigenvalue weighted by atomic mass is 16.3. The molecule has 0 radical (unpaired) electrons. The van der Waals surface area contributed by atoms with Gasteiger partial charge in [-0.15, -0.1) is 0 Å². The van der Waals surface area contributed by atoms with Crippen molar-refractivity contribution in [3.05, 3.63) is 0 Å². The van der Waals surface area contributed by atoms with Crippen LogP contribution in [0, 0.1) is 17.3 Å². The summed E-state index contributed by atoms with van der Waals surface area (Å²) in [6.45, 7) is 10.7. The average Bonchev–Trinajstić information content (AvgIpc) is 2.37. The van der Waals surface area contributed by atoms with Crippen molar-refractivity contribution < 1.29 is 5.11 Å². The third-order valence-electron chi connectivity index (χ3n) is 5.61. The molecule has 2 heteroatoms. The molecule has 106 valence electrons. The summed E-state index contributed by atoms with van der Waals surface area (Å²) < 4.78 is 0. The van der Waals surface area contributed by atoms with Gasteiger partial charge in [0.2, 0.25) is 0 Å². The molecule has 1 aliphatic heterocycles. The van der Waals surface area contributed by atoms with Gasteiger partial charge in [-0.05, 0) is 62.4 Å². The van der Waals surface area contributed by atoms with Gasteiger partial charge in [0.05, 0.1) is 6.10 Å². The molecule has 18 heavy (non-hydrogen) atoms. The van der Waals surface area contributed by atoms with Crippen LogP contribution in [0.15, 0.2) is 0 Å². The van der Waals surface area contributed by atoms with Crippen LogP contribution < -0.4 is 0 Å². The van der Waals surface area contributed by atoms with Crippen molar-refractivity contribution in [1.29, 1.82) is 0 Å². The zero-order valence-corrected chi connectivity index (χ0v) is 12.5. The summed E-state index contributed by atoms with van der Waals surface area (Å²) in [5.74, 6) is 1.34. The van der Waals surface area contributed by atoms with Crippen LogP contribution >= 0.6 is 0 Å². The molecule has 1 saturated carbocycles. The van der Waals surface area contributed by atoms with Crippen LogP contribution in [-0.2, 0) is 0 Å². The lowest BCUT2D eigenvalue weighted by Crippen LogP contribution is -2.44. The average molecular weight is 253 g/mol. The van der Waals surface area contributed by atoms with E-state index in [2.05, 4.69) is 25.7 Å². The largest absolute Gasteiger partial charge is 0.393 e. The Balaban J connectivity index is 1.80. The van der Waals surface area contributed by atoms with Crippen LogP contribution in [0.3, 0.4) is 0 Å². The van der Waals surface area contributed by atoms with Gasteiger partial charge in [-0.3, -0.25) is 0 Å². The molecule has 2 rings (SSSR count). The van der Waals surface area contributed by atoms with E-state index in [1.165, 1.54) is 45.2 Å². The zero-order valence-electron chi connectivity index (χ0n) is 12.5. The fraction of sp³-hybridized carbons (Fsp3) is 1.00. The van der Waals surface area contributed by atoms with Crippen LogP contribution in [0.1, 0.15) is 59.3 Å². The van der Waals surface area contributed by atoms with E-state index >= 15 is 0 Å². The lowest BCUT2D eigenvalue weighted by atomic mass is 9.77. The van der Waals surface area contributed by atoms with Crippen molar-refractivity contribution >= 4 is 0 Å². The number of aliphatic hydroxyl groups excluding tert-OH is 1. The molecule has 1 heterocycles. The lowest BCUT2D eigenvalue weighted by molar-refractivity contribution is 0.0160. The van der Waals surface area contributed by atoms with Crippen molar-refractivity contribution in [2.45, 2.75) is 65.4 Å². The SMILES string of the molecule is CCC1(C)CCN(CC2CC(C)CCC2O)CC1. The summed E-state index contributed by atoms with van der Waals surface area (Å²) in [5.41, 5.74) is 0.578. The number of hydrogen-bond donors (Lipinski definition) is 1. The minimum absolute atomic E-state index is 0.0410. The van der Waals surface area contributed by atoms with Gasteiger partial charge in [0.1, 0.15) is 0 Å². The molecule has 0 aromatic carbocycles. The molecule has 1 saturated heterocycles. The third kappa shape index (κ3) is 3.48. The summed E-state index contributed by atoms with van der Waals surface area (Å²) in [4.78, 5) is 2.60. The third-order valence-corrected chi connectivity index (χ3v) is 5.61. The van der Waals surface area contributed by atoms with Gasteiger partial charge < -0.3 is 10.0 Å². The number of hydrogen-bond acceptors (Lipinski definition) is 2. The molecule has 2 nitrogen and oxygen atoms in total. The van der Waals surface area contributed by atoms with E-state index in [9.17, 15) is 5.11 Å². The quantitative estimate of drug-likeness (QED) is 0.834. The molecule has 0 amide bonds. The number of aliphatic hydroxyl groups is 1. The second-order valence-corrected chi connectivity index (χ2v) is 7.21. The topological polar surface area (TPSA) is 23.5 Å². The fourth-order valence-electron chi connectivity index (χ4n) is 3.64. The molecular formula is C16H31NO. The maximum Gasteiger partial charge on any atom is 0.0580 e. The molecule has 0 spiro atoms. The smallest absolute Gasteiger partial charge is 0.0580 e. The Bertz CT molecular complexity index is 258. The van der Waals surface area contributed by atoms with Crippen molar-refractivity contribution in [2.24, 2.45) is 17.3 Å². The molecule has 0 aromatic rings.